The molecule has 0 heterocycles. The number of hydrogen-bond donors (Lipinski definition) is 0. The first-order chi connectivity index (χ1) is 8.54. The van der Waals surface area contributed by atoms with Crippen LogP contribution in [-0.4, -0.2) is 22.9 Å². The van der Waals surface area contributed by atoms with E-state index in [-0.39, 0.29) is 16.4 Å². The molecule has 0 aliphatic carbocycles. The topological polar surface area (TPSA) is 69.4 Å². The third-order valence-electron chi connectivity index (χ3n) is 1.97. The van der Waals surface area contributed by atoms with Crippen LogP contribution in [0.2, 0.25) is 0 Å². The van der Waals surface area contributed by atoms with Crippen molar-refractivity contribution < 1.29 is 14.5 Å². The van der Waals surface area contributed by atoms with Crippen molar-refractivity contribution in [2.75, 3.05) is 12.9 Å². The molecule has 94 valence electrons. The molecule has 0 saturated heterocycles. The van der Waals surface area contributed by atoms with Gasteiger partial charge in [0.05, 0.1) is 17.8 Å². The fourth-order valence-corrected chi connectivity index (χ4v) is 1.52. The van der Waals surface area contributed by atoms with E-state index < -0.39 is 4.92 Å². The number of nitro groups is 1. The molecule has 1 rings (SSSR count). The van der Waals surface area contributed by atoms with Crippen LogP contribution in [-0.2, 0) is 4.79 Å². The van der Waals surface area contributed by atoms with Crippen LogP contribution in [0.1, 0.15) is 12.5 Å². The number of carbonyl (C=O) groups is 1. The van der Waals surface area contributed by atoms with E-state index >= 15 is 0 Å². The number of nitrogens with zero attached hydrogens (tertiary/aromatic N) is 1. The van der Waals surface area contributed by atoms with Gasteiger partial charge in [0.15, 0.2) is 5.12 Å². The number of hydrogen-bond acceptors (Lipinski definition) is 5. The van der Waals surface area contributed by atoms with Crippen molar-refractivity contribution >= 4 is 22.6 Å². The molecule has 0 spiro atoms. The Bertz CT molecular complexity index is 531. The Morgan fingerprint density at radius 1 is 1.56 bits per heavy atom. The van der Waals surface area contributed by atoms with Gasteiger partial charge in [0.2, 0.25) is 0 Å². The summed E-state index contributed by atoms with van der Waals surface area (Å²) in [6.07, 6.45) is 0. The Kier molecular flexibility index (Phi) is 5.21. The normalized spacial score (nSPS) is 9.22. The SMILES string of the molecule is COc1ccc([N+](=O)[O-])c(C#CCSC(C)=O)c1. The summed E-state index contributed by atoms with van der Waals surface area (Å²) in [4.78, 5) is 21.0. The highest BCUT2D eigenvalue weighted by Crippen LogP contribution is 2.22. The molecule has 18 heavy (non-hydrogen) atoms. The van der Waals surface area contributed by atoms with E-state index in [1.807, 2.05) is 0 Å². The molecule has 0 aliphatic rings. The second-order valence-corrected chi connectivity index (χ2v) is 4.37. The smallest absolute Gasteiger partial charge is 0.285 e. The summed E-state index contributed by atoms with van der Waals surface area (Å²) in [6, 6.07) is 4.36. The molecule has 6 heteroatoms. The van der Waals surface area contributed by atoms with Crippen LogP contribution in [0.4, 0.5) is 5.69 Å². The van der Waals surface area contributed by atoms with Crippen molar-refractivity contribution in [2.45, 2.75) is 6.92 Å². The lowest BCUT2D eigenvalue weighted by Gasteiger charge is -2.00. The summed E-state index contributed by atoms with van der Waals surface area (Å²) in [5.41, 5.74) is 0.208. The summed E-state index contributed by atoms with van der Waals surface area (Å²) >= 11 is 1.06. The standard InChI is InChI=1S/C12H11NO4S/c1-9(14)18-7-3-4-10-8-11(17-2)5-6-12(10)13(15)16/h5-6,8H,7H2,1-2H3. The van der Waals surface area contributed by atoms with Gasteiger partial charge in [0, 0.05) is 19.1 Å². The first-order valence-electron chi connectivity index (χ1n) is 4.99. The average Bonchev–Trinajstić information content (AvgIpc) is 2.33. The van der Waals surface area contributed by atoms with Crippen LogP contribution in [0.3, 0.4) is 0 Å². The zero-order valence-electron chi connectivity index (χ0n) is 9.93. The van der Waals surface area contributed by atoms with Gasteiger partial charge in [-0.1, -0.05) is 23.6 Å². The Labute approximate surface area is 109 Å². The van der Waals surface area contributed by atoms with Gasteiger partial charge in [0.1, 0.15) is 11.3 Å². The predicted molar refractivity (Wildman–Crippen MR) is 69.7 cm³/mol. The van der Waals surface area contributed by atoms with Gasteiger partial charge in [-0.2, -0.15) is 0 Å². The third kappa shape index (κ3) is 4.11. The molecule has 0 aliphatic heterocycles. The largest absolute Gasteiger partial charge is 0.497 e. The molecule has 0 aromatic heterocycles. The van der Waals surface area contributed by atoms with Crippen LogP contribution in [0.15, 0.2) is 18.2 Å². The van der Waals surface area contributed by atoms with Crippen molar-refractivity contribution in [2.24, 2.45) is 0 Å². The van der Waals surface area contributed by atoms with Crippen molar-refractivity contribution in [1.82, 2.24) is 0 Å². The van der Waals surface area contributed by atoms with Crippen LogP contribution in [0, 0.1) is 22.0 Å². The minimum atomic E-state index is -0.498. The molecule has 0 saturated carbocycles. The first kappa shape index (κ1) is 14.1. The zero-order valence-corrected chi connectivity index (χ0v) is 10.7. The molecule has 0 unspecified atom stereocenters. The van der Waals surface area contributed by atoms with Crippen molar-refractivity contribution in [3.05, 3.63) is 33.9 Å². The quantitative estimate of drug-likeness (QED) is 0.476. The molecule has 0 bridgehead atoms. The highest BCUT2D eigenvalue weighted by molar-refractivity contribution is 8.13. The molecule has 1 aromatic carbocycles. The van der Waals surface area contributed by atoms with E-state index in [1.165, 1.54) is 32.2 Å². The predicted octanol–water partition coefficient (Wildman–Crippen LogP) is 2.23. The Balaban J connectivity index is 2.97. The molecule has 5 nitrogen and oxygen atoms in total. The highest BCUT2D eigenvalue weighted by atomic mass is 32.2. The highest BCUT2D eigenvalue weighted by Gasteiger charge is 2.12. The molecular formula is C12H11NO4S. The van der Waals surface area contributed by atoms with Crippen molar-refractivity contribution in [3.63, 3.8) is 0 Å². The lowest BCUT2D eigenvalue weighted by molar-refractivity contribution is -0.385. The van der Waals surface area contributed by atoms with Crippen LogP contribution in [0.25, 0.3) is 0 Å². The molecule has 0 amide bonds. The fraction of sp³-hybridized carbons (Fsp3) is 0.250. The molecule has 0 fully saturated rings. The second kappa shape index (κ2) is 6.67. The summed E-state index contributed by atoms with van der Waals surface area (Å²) in [6.45, 7) is 1.44. The van der Waals surface area contributed by atoms with E-state index in [0.29, 0.717) is 11.5 Å². The van der Waals surface area contributed by atoms with Gasteiger partial charge < -0.3 is 4.74 Å². The van der Waals surface area contributed by atoms with E-state index in [4.69, 9.17) is 4.74 Å². The molecule has 1 aromatic rings. The van der Waals surface area contributed by atoms with Crippen LogP contribution < -0.4 is 4.74 Å². The number of ether oxygens (including phenoxy) is 1. The summed E-state index contributed by atoms with van der Waals surface area (Å²) in [5.74, 6) is 6.20. The third-order valence-corrected chi connectivity index (χ3v) is 2.67. The van der Waals surface area contributed by atoms with Crippen LogP contribution in [0.5, 0.6) is 5.75 Å². The Hall–Kier alpha value is -2.00. The van der Waals surface area contributed by atoms with Gasteiger partial charge in [-0.05, 0) is 6.07 Å². The van der Waals surface area contributed by atoms with Gasteiger partial charge in [-0.3, -0.25) is 14.9 Å². The number of rotatable bonds is 3. The van der Waals surface area contributed by atoms with E-state index in [0.717, 1.165) is 11.8 Å². The van der Waals surface area contributed by atoms with Gasteiger partial charge in [0.25, 0.3) is 5.69 Å². The molecule has 0 atom stereocenters. The van der Waals surface area contributed by atoms with E-state index in [1.54, 1.807) is 0 Å². The maximum absolute atomic E-state index is 10.8. The monoisotopic (exact) mass is 265 g/mol. The molecular weight excluding hydrogens is 254 g/mol. The second-order valence-electron chi connectivity index (χ2n) is 3.22. The number of benzene rings is 1. The average molecular weight is 265 g/mol. The summed E-state index contributed by atoms with van der Waals surface area (Å²) in [7, 11) is 1.48. The molecule has 0 N–H and O–H groups in total. The van der Waals surface area contributed by atoms with Crippen molar-refractivity contribution in [3.8, 4) is 17.6 Å². The number of methoxy groups -OCH3 is 1. The van der Waals surface area contributed by atoms with Crippen LogP contribution >= 0.6 is 11.8 Å². The lowest BCUT2D eigenvalue weighted by Crippen LogP contribution is -1.93. The maximum Gasteiger partial charge on any atom is 0.285 e. The maximum atomic E-state index is 10.8. The minimum absolute atomic E-state index is 0.0376. The van der Waals surface area contributed by atoms with E-state index in [2.05, 4.69) is 11.8 Å². The lowest BCUT2D eigenvalue weighted by atomic mass is 10.2. The number of carbonyl (C=O) groups excluding carboxylic acids is 1. The van der Waals surface area contributed by atoms with Gasteiger partial charge in [-0.25, -0.2) is 0 Å². The fourth-order valence-electron chi connectivity index (χ4n) is 1.17. The first-order valence-corrected chi connectivity index (χ1v) is 5.98. The number of nitro benzene ring substituents is 1. The zero-order chi connectivity index (χ0) is 13.5. The number of thioether (sulfide) groups is 1. The van der Waals surface area contributed by atoms with Gasteiger partial charge >= 0.3 is 0 Å². The minimum Gasteiger partial charge on any atom is -0.497 e. The van der Waals surface area contributed by atoms with Gasteiger partial charge in [-0.15, -0.1) is 0 Å². The van der Waals surface area contributed by atoms with E-state index in [9.17, 15) is 14.9 Å². The summed E-state index contributed by atoms with van der Waals surface area (Å²) in [5, 5.41) is 10.8. The molecule has 0 radical (unpaired) electrons. The Morgan fingerprint density at radius 3 is 2.83 bits per heavy atom. The summed E-state index contributed by atoms with van der Waals surface area (Å²) < 4.78 is 4.98. The van der Waals surface area contributed by atoms with Crippen molar-refractivity contribution in [1.29, 1.82) is 0 Å². The Morgan fingerprint density at radius 2 is 2.28 bits per heavy atom.